The van der Waals surface area contributed by atoms with E-state index >= 15 is 0 Å². The standard InChI is InChI=1S/C28H31FN2O4/c1-28(2,3)35-27(32)31-18-8-11-21(19-31)25(20-9-5-4-6-10-20)34-24-12-7-17-30-26(24)33-23-15-13-22(29)14-16-23/h4-7,9-10,12-17,21,25H,8,11,18-19H2,1-3H3. The van der Waals surface area contributed by atoms with E-state index in [4.69, 9.17) is 14.2 Å². The van der Waals surface area contributed by atoms with Gasteiger partial charge in [-0.15, -0.1) is 0 Å². The summed E-state index contributed by atoms with van der Waals surface area (Å²) in [5, 5.41) is 0. The Morgan fingerprint density at radius 2 is 1.80 bits per heavy atom. The van der Waals surface area contributed by atoms with Crippen LogP contribution in [0, 0.1) is 11.7 Å². The second-order valence-electron chi connectivity index (χ2n) is 9.64. The average molecular weight is 479 g/mol. The Hall–Kier alpha value is -3.61. The van der Waals surface area contributed by atoms with E-state index in [1.54, 1.807) is 35.4 Å². The lowest BCUT2D eigenvalue weighted by Gasteiger charge is -2.37. The molecule has 1 aromatic heterocycles. The summed E-state index contributed by atoms with van der Waals surface area (Å²) >= 11 is 0. The van der Waals surface area contributed by atoms with Crippen molar-refractivity contribution in [3.05, 3.63) is 84.3 Å². The second-order valence-corrected chi connectivity index (χ2v) is 9.64. The topological polar surface area (TPSA) is 60.9 Å². The number of likely N-dealkylation sites (tertiary alicyclic amines) is 1. The number of benzene rings is 2. The van der Waals surface area contributed by atoms with Crippen molar-refractivity contribution in [1.82, 2.24) is 9.88 Å². The Kier molecular flexibility index (Phi) is 7.54. The summed E-state index contributed by atoms with van der Waals surface area (Å²) in [6, 6.07) is 19.3. The van der Waals surface area contributed by atoms with E-state index in [0.717, 1.165) is 18.4 Å². The minimum atomic E-state index is -0.554. The molecule has 0 aliphatic carbocycles. The molecule has 35 heavy (non-hydrogen) atoms. The van der Waals surface area contributed by atoms with Gasteiger partial charge in [0.1, 0.15) is 23.3 Å². The summed E-state index contributed by atoms with van der Waals surface area (Å²) in [7, 11) is 0. The number of hydrogen-bond acceptors (Lipinski definition) is 5. The van der Waals surface area contributed by atoms with Gasteiger partial charge in [0.15, 0.2) is 5.75 Å². The summed E-state index contributed by atoms with van der Waals surface area (Å²) in [5.41, 5.74) is 0.446. The number of rotatable bonds is 6. The van der Waals surface area contributed by atoms with Crippen molar-refractivity contribution >= 4 is 6.09 Å². The first-order valence-corrected chi connectivity index (χ1v) is 11.9. The Labute approximate surface area is 205 Å². The van der Waals surface area contributed by atoms with Crippen molar-refractivity contribution in [3.8, 4) is 17.4 Å². The van der Waals surface area contributed by atoms with E-state index in [2.05, 4.69) is 4.98 Å². The van der Waals surface area contributed by atoms with E-state index in [0.29, 0.717) is 30.5 Å². The van der Waals surface area contributed by atoms with Crippen molar-refractivity contribution in [3.63, 3.8) is 0 Å². The number of nitrogens with zero attached hydrogens (tertiary/aromatic N) is 2. The van der Waals surface area contributed by atoms with E-state index in [9.17, 15) is 9.18 Å². The number of halogens is 1. The molecule has 0 saturated carbocycles. The largest absolute Gasteiger partial charge is 0.480 e. The summed E-state index contributed by atoms with van der Waals surface area (Å²) in [6.07, 6.45) is 2.72. The lowest BCUT2D eigenvalue weighted by molar-refractivity contribution is 0.00556. The minimum absolute atomic E-state index is 0.0394. The molecule has 0 radical (unpaired) electrons. The molecule has 2 atom stereocenters. The van der Waals surface area contributed by atoms with Gasteiger partial charge in [0.2, 0.25) is 0 Å². The van der Waals surface area contributed by atoms with Crippen molar-refractivity contribution < 1.29 is 23.4 Å². The fraction of sp³-hybridized carbons (Fsp3) is 0.357. The van der Waals surface area contributed by atoms with Crippen LogP contribution in [0.4, 0.5) is 9.18 Å². The molecule has 1 amide bonds. The third-order valence-corrected chi connectivity index (χ3v) is 5.68. The van der Waals surface area contributed by atoms with Gasteiger partial charge in [-0.05, 0) is 75.6 Å². The van der Waals surface area contributed by atoms with E-state index in [1.165, 1.54) is 12.1 Å². The predicted molar refractivity (Wildman–Crippen MR) is 131 cm³/mol. The molecule has 2 unspecified atom stereocenters. The van der Waals surface area contributed by atoms with Crippen molar-refractivity contribution in [2.24, 2.45) is 5.92 Å². The molecule has 1 aliphatic rings. The van der Waals surface area contributed by atoms with Gasteiger partial charge in [-0.3, -0.25) is 0 Å². The van der Waals surface area contributed by atoms with Gasteiger partial charge in [-0.25, -0.2) is 14.2 Å². The quantitative estimate of drug-likeness (QED) is 0.391. The number of ether oxygens (including phenoxy) is 3. The van der Waals surface area contributed by atoms with Gasteiger partial charge >= 0.3 is 6.09 Å². The third-order valence-electron chi connectivity index (χ3n) is 5.68. The van der Waals surface area contributed by atoms with Crippen LogP contribution in [-0.2, 0) is 4.74 Å². The molecule has 2 heterocycles. The monoisotopic (exact) mass is 478 g/mol. The van der Waals surface area contributed by atoms with Crippen LogP contribution < -0.4 is 9.47 Å². The number of amides is 1. The third kappa shape index (κ3) is 6.72. The number of carbonyl (C=O) groups excluding carboxylic acids is 1. The number of pyridine rings is 1. The van der Waals surface area contributed by atoms with Gasteiger partial charge in [-0.2, -0.15) is 0 Å². The molecule has 0 N–H and O–H groups in total. The zero-order valence-corrected chi connectivity index (χ0v) is 20.3. The van der Waals surface area contributed by atoms with Crippen LogP contribution in [0.5, 0.6) is 17.4 Å². The first kappa shape index (κ1) is 24.5. The highest BCUT2D eigenvalue weighted by molar-refractivity contribution is 5.68. The normalized spacial score (nSPS) is 16.9. The van der Waals surface area contributed by atoms with Crippen LogP contribution in [-0.4, -0.2) is 34.7 Å². The molecule has 0 spiro atoms. The number of carbonyl (C=O) groups is 1. The van der Waals surface area contributed by atoms with Crippen molar-refractivity contribution in [2.45, 2.75) is 45.3 Å². The van der Waals surface area contributed by atoms with Gasteiger partial charge in [0.05, 0.1) is 0 Å². The zero-order valence-electron chi connectivity index (χ0n) is 20.3. The highest BCUT2D eigenvalue weighted by atomic mass is 19.1. The lowest BCUT2D eigenvalue weighted by atomic mass is 9.88. The molecule has 184 valence electrons. The summed E-state index contributed by atoms with van der Waals surface area (Å²) in [5.74, 6) is 0.920. The maximum absolute atomic E-state index is 13.3. The summed E-state index contributed by atoms with van der Waals surface area (Å²) < 4.78 is 31.4. The minimum Gasteiger partial charge on any atom is -0.480 e. The zero-order chi connectivity index (χ0) is 24.8. The van der Waals surface area contributed by atoms with Gasteiger partial charge in [0, 0.05) is 25.2 Å². The smallest absolute Gasteiger partial charge is 0.410 e. The molecule has 1 aliphatic heterocycles. The van der Waals surface area contributed by atoms with Gasteiger partial charge < -0.3 is 19.1 Å². The first-order chi connectivity index (χ1) is 16.8. The van der Waals surface area contributed by atoms with Gasteiger partial charge in [-0.1, -0.05) is 30.3 Å². The van der Waals surface area contributed by atoms with Crippen molar-refractivity contribution in [1.29, 1.82) is 0 Å². The van der Waals surface area contributed by atoms with Gasteiger partial charge in [0.25, 0.3) is 5.88 Å². The SMILES string of the molecule is CC(C)(C)OC(=O)N1CCCC(C(Oc2cccnc2Oc2ccc(F)cc2)c2ccccc2)C1. The first-order valence-electron chi connectivity index (χ1n) is 11.9. The van der Waals surface area contributed by atoms with E-state index < -0.39 is 5.60 Å². The fourth-order valence-corrected chi connectivity index (χ4v) is 4.12. The molecule has 3 aromatic rings. The van der Waals surface area contributed by atoms with Crippen LogP contribution in [0.25, 0.3) is 0 Å². The maximum atomic E-state index is 13.3. The van der Waals surface area contributed by atoms with Crippen LogP contribution in [0.1, 0.15) is 45.3 Å². The Balaban J connectivity index is 1.58. The summed E-state index contributed by atoms with van der Waals surface area (Å²) in [6.45, 7) is 6.77. The Morgan fingerprint density at radius 1 is 1.06 bits per heavy atom. The van der Waals surface area contributed by atoms with E-state index in [1.807, 2.05) is 51.1 Å². The number of hydrogen-bond donors (Lipinski definition) is 0. The maximum Gasteiger partial charge on any atom is 0.410 e. The highest BCUT2D eigenvalue weighted by Gasteiger charge is 2.34. The molecule has 0 bridgehead atoms. The van der Waals surface area contributed by atoms with E-state index in [-0.39, 0.29) is 23.9 Å². The molecular formula is C28H31FN2O4. The predicted octanol–water partition coefficient (Wildman–Crippen LogP) is 6.78. The van der Waals surface area contributed by atoms with Crippen LogP contribution in [0.2, 0.25) is 0 Å². The molecule has 1 fully saturated rings. The van der Waals surface area contributed by atoms with Crippen LogP contribution in [0.3, 0.4) is 0 Å². The van der Waals surface area contributed by atoms with Crippen LogP contribution in [0.15, 0.2) is 72.9 Å². The number of piperidine rings is 1. The van der Waals surface area contributed by atoms with Crippen LogP contribution >= 0.6 is 0 Å². The summed E-state index contributed by atoms with van der Waals surface area (Å²) in [4.78, 5) is 18.9. The highest BCUT2D eigenvalue weighted by Crippen LogP contribution is 2.38. The molecular weight excluding hydrogens is 447 g/mol. The molecule has 4 rings (SSSR count). The fourth-order valence-electron chi connectivity index (χ4n) is 4.12. The Morgan fingerprint density at radius 3 is 2.51 bits per heavy atom. The molecule has 1 saturated heterocycles. The lowest BCUT2D eigenvalue weighted by Crippen LogP contribution is -2.44. The number of aromatic nitrogens is 1. The Bertz CT molecular complexity index is 1120. The molecule has 2 aromatic carbocycles. The second kappa shape index (κ2) is 10.8. The van der Waals surface area contributed by atoms with Crippen molar-refractivity contribution in [2.75, 3.05) is 13.1 Å². The molecule has 6 nitrogen and oxygen atoms in total. The average Bonchev–Trinajstić information content (AvgIpc) is 2.84. The molecule has 7 heteroatoms.